The summed E-state index contributed by atoms with van der Waals surface area (Å²) in [6.45, 7) is 3.31. The monoisotopic (exact) mass is 326 g/mol. The van der Waals surface area contributed by atoms with Crippen LogP contribution in [0.25, 0.3) is 0 Å². The molecule has 0 spiro atoms. The quantitative estimate of drug-likeness (QED) is 0.533. The van der Waals surface area contributed by atoms with Crippen LogP contribution in [-0.4, -0.2) is 22.7 Å². The highest BCUT2D eigenvalue weighted by Crippen LogP contribution is 2.39. The second-order valence-corrected chi connectivity index (χ2v) is 5.89. The normalized spacial score (nSPS) is 17.0. The largest absolute Gasteiger partial charge is 0.292 e. The lowest BCUT2D eigenvalue weighted by Crippen LogP contribution is -2.50. The Bertz CT molecular complexity index is 689. The molecule has 1 aliphatic heterocycles. The number of carbonyl (C=O) groups excluding carboxylic acids is 2. The summed E-state index contributed by atoms with van der Waals surface area (Å²) in [4.78, 5) is 30.7. The van der Waals surface area contributed by atoms with Gasteiger partial charge in [0.15, 0.2) is 0 Å². The molecule has 1 aliphatic rings. The number of anilines is 2. The summed E-state index contributed by atoms with van der Waals surface area (Å²) < 4.78 is 0. The fourth-order valence-corrected chi connectivity index (χ4v) is 2.87. The lowest BCUT2D eigenvalue weighted by molar-refractivity contribution is -0.307. The van der Waals surface area contributed by atoms with E-state index < -0.39 is 23.3 Å². The number of hydrogen-bond acceptors (Lipinski definition) is 4. The first-order chi connectivity index (χ1) is 11.5. The minimum Gasteiger partial charge on any atom is -0.268 e. The van der Waals surface area contributed by atoms with Crippen LogP contribution in [0.1, 0.15) is 13.8 Å². The van der Waals surface area contributed by atoms with Gasteiger partial charge >= 0.3 is 0 Å². The van der Waals surface area contributed by atoms with Crippen molar-refractivity contribution in [1.29, 1.82) is 0 Å². The molecular formula is C18H18N2O4. The van der Waals surface area contributed by atoms with Crippen LogP contribution in [0.4, 0.5) is 11.4 Å². The molecule has 1 saturated heterocycles. The summed E-state index contributed by atoms with van der Waals surface area (Å²) >= 11 is 0. The van der Waals surface area contributed by atoms with E-state index in [0.717, 1.165) is 0 Å². The van der Waals surface area contributed by atoms with Crippen LogP contribution in [0.15, 0.2) is 60.7 Å². The van der Waals surface area contributed by atoms with Crippen LogP contribution < -0.4 is 10.0 Å². The zero-order valence-electron chi connectivity index (χ0n) is 13.4. The molecule has 0 radical (unpaired) electrons. The standard InChI is InChI=1S/C18H18N2O4/c1-13(2)18(24-23)16(21)19(14-9-5-3-6-10-14)20(17(18)22)15-11-7-4-8-12-15/h3-13,23H,1-2H3. The second-order valence-electron chi connectivity index (χ2n) is 5.89. The minimum absolute atomic E-state index is 0.513. The highest BCUT2D eigenvalue weighted by Gasteiger charge is 2.63. The van der Waals surface area contributed by atoms with Crippen LogP contribution in [0.5, 0.6) is 0 Å². The summed E-state index contributed by atoms with van der Waals surface area (Å²) in [6, 6.07) is 17.6. The van der Waals surface area contributed by atoms with E-state index in [-0.39, 0.29) is 0 Å². The van der Waals surface area contributed by atoms with E-state index in [0.29, 0.717) is 11.4 Å². The average molecular weight is 326 g/mol. The molecule has 24 heavy (non-hydrogen) atoms. The molecule has 124 valence electrons. The van der Waals surface area contributed by atoms with Gasteiger partial charge in [0.05, 0.1) is 11.4 Å². The Morgan fingerprint density at radius 2 is 1.21 bits per heavy atom. The lowest BCUT2D eigenvalue weighted by atomic mass is 9.89. The Morgan fingerprint density at radius 3 is 1.50 bits per heavy atom. The first-order valence-electron chi connectivity index (χ1n) is 7.65. The highest BCUT2D eigenvalue weighted by molar-refractivity contribution is 6.28. The van der Waals surface area contributed by atoms with Gasteiger partial charge in [0.25, 0.3) is 17.4 Å². The summed E-state index contributed by atoms with van der Waals surface area (Å²) in [5.74, 6) is -1.80. The number of hydrogen-bond donors (Lipinski definition) is 1. The predicted molar refractivity (Wildman–Crippen MR) is 89.1 cm³/mol. The molecule has 0 unspecified atom stereocenters. The summed E-state index contributed by atoms with van der Waals surface area (Å²) in [6.07, 6.45) is 0. The van der Waals surface area contributed by atoms with E-state index in [2.05, 4.69) is 4.89 Å². The molecule has 2 aromatic rings. The lowest BCUT2D eigenvalue weighted by Gasteiger charge is -2.27. The number of para-hydroxylation sites is 2. The number of benzene rings is 2. The topological polar surface area (TPSA) is 70.1 Å². The van der Waals surface area contributed by atoms with Gasteiger partial charge in [-0.15, -0.1) is 0 Å². The third kappa shape index (κ3) is 2.19. The van der Waals surface area contributed by atoms with Crippen molar-refractivity contribution in [3.05, 3.63) is 60.7 Å². The maximum absolute atomic E-state index is 13.1. The summed E-state index contributed by atoms with van der Waals surface area (Å²) in [5.41, 5.74) is -0.940. The van der Waals surface area contributed by atoms with E-state index >= 15 is 0 Å². The number of amides is 2. The predicted octanol–water partition coefficient (Wildman–Crippen LogP) is 2.87. The molecule has 2 amide bonds. The van der Waals surface area contributed by atoms with Gasteiger partial charge in [-0.2, -0.15) is 0 Å². The van der Waals surface area contributed by atoms with Crippen LogP contribution in [0, 0.1) is 5.92 Å². The summed E-state index contributed by atoms with van der Waals surface area (Å²) in [7, 11) is 0. The van der Waals surface area contributed by atoms with E-state index in [4.69, 9.17) is 0 Å². The van der Waals surface area contributed by atoms with Gasteiger partial charge in [-0.1, -0.05) is 50.2 Å². The zero-order valence-corrected chi connectivity index (χ0v) is 13.4. The van der Waals surface area contributed by atoms with Crippen molar-refractivity contribution < 1.29 is 19.7 Å². The first-order valence-corrected chi connectivity index (χ1v) is 7.65. The number of carbonyl (C=O) groups is 2. The van der Waals surface area contributed by atoms with Crippen molar-refractivity contribution in [1.82, 2.24) is 0 Å². The van der Waals surface area contributed by atoms with E-state index in [9.17, 15) is 14.8 Å². The molecule has 6 nitrogen and oxygen atoms in total. The van der Waals surface area contributed by atoms with Crippen molar-refractivity contribution >= 4 is 23.2 Å². The van der Waals surface area contributed by atoms with Gasteiger partial charge in [0, 0.05) is 5.92 Å². The van der Waals surface area contributed by atoms with Crippen LogP contribution in [0.3, 0.4) is 0 Å². The number of rotatable bonds is 4. The molecule has 1 N–H and O–H groups in total. The molecule has 0 atom stereocenters. The molecule has 0 bridgehead atoms. The Balaban J connectivity index is 2.20. The van der Waals surface area contributed by atoms with Crippen molar-refractivity contribution in [3.8, 4) is 0 Å². The molecule has 1 fully saturated rings. The molecular weight excluding hydrogens is 308 g/mol. The van der Waals surface area contributed by atoms with Crippen LogP contribution in [-0.2, 0) is 14.5 Å². The third-order valence-corrected chi connectivity index (χ3v) is 4.18. The molecule has 0 aliphatic carbocycles. The SMILES string of the molecule is CC(C)C1(OO)C(=O)N(c2ccccc2)N(c2ccccc2)C1=O. The average Bonchev–Trinajstić information content (AvgIpc) is 2.84. The Hall–Kier alpha value is -2.70. The van der Waals surface area contributed by atoms with Gasteiger partial charge in [-0.3, -0.25) is 14.8 Å². The maximum Gasteiger partial charge on any atom is 0.292 e. The van der Waals surface area contributed by atoms with Crippen molar-refractivity contribution in [2.75, 3.05) is 10.0 Å². The third-order valence-electron chi connectivity index (χ3n) is 4.18. The van der Waals surface area contributed by atoms with E-state index in [1.807, 2.05) is 12.1 Å². The summed E-state index contributed by atoms with van der Waals surface area (Å²) in [5, 5.41) is 12.0. The molecule has 0 aromatic heterocycles. The van der Waals surface area contributed by atoms with Crippen molar-refractivity contribution in [3.63, 3.8) is 0 Å². The molecule has 1 heterocycles. The van der Waals surface area contributed by atoms with E-state index in [1.165, 1.54) is 10.0 Å². The fraction of sp³-hybridized carbons (Fsp3) is 0.222. The number of nitrogens with zero attached hydrogens (tertiary/aromatic N) is 2. The molecule has 6 heteroatoms. The van der Waals surface area contributed by atoms with Crippen molar-refractivity contribution in [2.24, 2.45) is 5.92 Å². The highest BCUT2D eigenvalue weighted by atomic mass is 17.1. The molecule has 0 saturated carbocycles. The molecule has 3 rings (SSSR count). The Morgan fingerprint density at radius 1 is 0.833 bits per heavy atom. The van der Waals surface area contributed by atoms with E-state index in [1.54, 1.807) is 62.4 Å². The van der Waals surface area contributed by atoms with Gasteiger partial charge in [-0.25, -0.2) is 14.9 Å². The first kappa shape index (κ1) is 16.2. The van der Waals surface area contributed by atoms with Gasteiger partial charge in [0.2, 0.25) is 0 Å². The van der Waals surface area contributed by atoms with Gasteiger partial charge < -0.3 is 0 Å². The van der Waals surface area contributed by atoms with Gasteiger partial charge in [-0.05, 0) is 24.3 Å². The molecule has 2 aromatic carbocycles. The number of hydrazine groups is 1. The minimum atomic E-state index is -1.97. The zero-order chi connectivity index (χ0) is 17.3. The van der Waals surface area contributed by atoms with Crippen LogP contribution >= 0.6 is 0 Å². The Kier molecular flexibility index (Phi) is 4.09. The van der Waals surface area contributed by atoms with Crippen molar-refractivity contribution in [2.45, 2.75) is 19.4 Å². The van der Waals surface area contributed by atoms with Crippen LogP contribution in [0.2, 0.25) is 0 Å². The second kappa shape index (κ2) is 6.07. The smallest absolute Gasteiger partial charge is 0.268 e. The van der Waals surface area contributed by atoms with Gasteiger partial charge in [0.1, 0.15) is 0 Å². The Labute approximate surface area is 139 Å². The maximum atomic E-state index is 13.1. The fourth-order valence-electron chi connectivity index (χ4n) is 2.87.